The molecule has 6 nitrogen and oxygen atoms in total. The molecule has 0 amide bonds. The van der Waals surface area contributed by atoms with Gasteiger partial charge in [0.25, 0.3) is 11.1 Å². The third-order valence-electron chi connectivity index (χ3n) is 14.3. The highest BCUT2D eigenvalue weighted by atomic mass is 19.1. The van der Waals surface area contributed by atoms with Crippen molar-refractivity contribution in [2.75, 3.05) is 0 Å². The summed E-state index contributed by atoms with van der Waals surface area (Å²) >= 11 is 0. The van der Waals surface area contributed by atoms with Gasteiger partial charge in [0.05, 0.1) is 5.69 Å². The maximum absolute atomic E-state index is 14.6. The molecule has 0 unspecified atom stereocenters. The van der Waals surface area contributed by atoms with Gasteiger partial charge in [-0.2, -0.15) is 0 Å². The largest absolute Gasteiger partial charge is 0.294 e. The number of halogens is 4. The number of aromatic nitrogens is 4. The Kier molecular flexibility index (Phi) is 6.85. The highest BCUT2D eigenvalue weighted by Crippen LogP contribution is 2.68. The van der Waals surface area contributed by atoms with Crippen molar-refractivity contribution in [2.24, 2.45) is 16.7 Å². The zero-order valence-corrected chi connectivity index (χ0v) is 29.0. The van der Waals surface area contributed by atoms with Gasteiger partial charge in [-0.1, -0.05) is 48.0 Å². The minimum atomic E-state index is -0.737. The lowest BCUT2D eigenvalue weighted by Crippen LogP contribution is -2.37. The van der Waals surface area contributed by atoms with Crippen molar-refractivity contribution in [2.45, 2.75) is 116 Å². The van der Waals surface area contributed by atoms with E-state index in [4.69, 9.17) is 0 Å². The van der Waals surface area contributed by atoms with Crippen LogP contribution in [0.25, 0.3) is 11.4 Å². The maximum atomic E-state index is 14.6. The SMILES string of the molecule is CC1(C)[C@@H]2CC[C@@]1(C)c1[nH]n(-c3ccc(F)cc3F)c(=O)c12.CC1(C)[C@@H]2CC[C@@]1(C)c1c2c(=O)n(-c2ccc(F)cc2F)n1CC1CCC1. The van der Waals surface area contributed by atoms with E-state index in [0.29, 0.717) is 5.92 Å². The molecule has 260 valence electrons. The molecule has 3 fully saturated rings. The van der Waals surface area contributed by atoms with Crippen molar-refractivity contribution >= 4 is 0 Å². The van der Waals surface area contributed by atoms with Crippen molar-refractivity contribution in [3.8, 4) is 11.4 Å². The summed E-state index contributed by atoms with van der Waals surface area (Å²) in [4.78, 5) is 26.3. The predicted molar refractivity (Wildman–Crippen MR) is 180 cm³/mol. The summed E-state index contributed by atoms with van der Waals surface area (Å²) in [5, 5.41) is 3.11. The first kappa shape index (κ1) is 32.4. The summed E-state index contributed by atoms with van der Waals surface area (Å²) < 4.78 is 60.0. The Morgan fingerprint density at radius 1 is 0.714 bits per heavy atom. The van der Waals surface area contributed by atoms with Crippen LogP contribution in [0.1, 0.15) is 121 Å². The van der Waals surface area contributed by atoms with E-state index in [1.54, 1.807) is 0 Å². The van der Waals surface area contributed by atoms with Crippen LogP contribution in [0.4, 0.5) is 17.6 Å². The van der Waals surface area contributed by atoms with Crippen LogP contribution in [0.15, 0.2) is 46.0 Å². The first-order valence-electron chi connectivity index (χ1n) is 17.7. The third-order valence-corrected chi connectivity index (χ3v) is 14.3. The molecule has 49 heavy (non-hydrogen) atoms. The Bertz CT molecular complexity index is 2150. The number of fused-ring (bicyclic) bond motifs is 10. The number of aromatic amines is 1. The molecule has 3 saturated carbocycles. The fourth-order valence-electron chi connectivity index (χ4n) is 10.4. The number of nitrogens with one attached hydrogen (secondary N) is 1. The molecule has 4 atom stereocenters. The van der Waals surface area contributed by atoms with E-state index in [2.05, 4.69) is 51.3 Å². The average Bonchev–Trinajstić information content (AvgIpc) is 3.72. The molecule has 1 N–H and O–H groups in total. The zero-order valence-electron chi connectivity index (χ0n) is 29.0. The van der Waals surface area contributed by atoms with Gasteiger partial charge in [0.1, 0.15) is 23.0 Å². The monoisotopic (exact) mass is 676 g/mol. The lowest BCUT2D eigenvalue weighted by molar-refractivity contribution is 0.199. The number of H-pyrrole nitrogens is 1. The molecule has 5 aliphatic carbocycles. The second kappa shape index (κ2) is 10.4. The lowest BCUT2D eigenvalue weighted by atomic mass is 9.70. The first-order valence-corrected chi connectivity index (χ1v) is 17.7. The fourth-order valence-corrected chi connectivity index (χ4v) is 10.4. The van der Waals surface area contributed by atoms with Crippen LogP contribution in [-0.2, 0) is 17.4 Å². The quantitative estimate of drug-likeness (QED) is 0.220. The normalized spacial score (nSPS) is 28.3. The Morgan fingerprint density at radius 3 is 1.82 bits per heavy atom. The molecule has 5 aliphatic rings. The van der Waals surface area contributed by atoms with Crippen LogP contribution in [0.5, 0.6) is 0 Å². The summed E-state index contributed by atoms with van der Waals surface area (Å²) in [5.41, 5.74) is 3.44. The molecule has 0 radical (unpaired) electrons. The smallest absolute Gasteiger partial charge is 0.275 e. The molecule has 2 heterocycles. The van der Waals surface area contributed by atoms with Crippen LogP contribution in [0.2, 0.25) is 0 Å². The molecule has 0 saturated heterocycles. The number of benzene rings is 2. The van der Waals surface area contributed by atoms with Crippen molar-refractivity contribution < 1.29 is 17.6 Å². The molecule has 10 heteroatoms. The summed E-state index contributed by atoms with van der Waals surface area (Å²) in [6.45, 7) is 14.1. The molecular weight excluding hydrogens is 632 g/mol. The number of hydrogen-bond donors (Lipinski definition) is 1. The van der Waals surface area contributed by atoms with Gasteiger partial charge in [-0.15, -0.1) is 0 Å². The van der Waals surface area contributed by atoms with E-state index in [9.17, 15) is 27.2 Å². The van der Waals surface area contributed by atoms with E-state index in [0.717, 1.165) is 85.8 Å². The minimum Gasteiger partial charge on any atom is -0.294 e. The van der Waals surface area contributed by atoms with Crippen molar-refractivity contribution in [1.29, 1.82) is 0 Å². The maximum Gasteiger partial charge on any atom is 0.275 e. The van der Waals surface area contributed by atoms with Gasteiger partial charge >= 0.3 is 0 Å². The van der Waals surface area contributed by atoms with Gasteiger partial charge in [0.15, 0.2) is 11.6 Å². The van der Waals surface area contributed by atoms with Crippen LogP contribution in [0, 0.1) is 40.0 Å². The second-order valence-corrected chi connectivity index (χ2v) is 16.8. The number of rotatable bonds is 4. The molecule has 4 bridgehead atoms. The standard InChI is InChI=1S/C22H26F2N2O.C17H18F2N2O/c1-21(2)15-9-10-22(21,3)19-18(15)20(27)26(25(19)12-13-5-4-6-13)17-8-7-14(23)11-16(17)24;1-16(2)10-6-7-17(16,3)14-13(10)15(22)21(20-14)12-5-4-9(18)8-11(12)19/h7-8,11,13,15H,4-6,9-10,12H2,1-3H3;4-5,8,10,20H,6-7H2,1-3H3/t15-,22+;10-,17+/m11/s1. The van der Waals surface area contributed by atoms with Gasteiger partial charge in [0.2, 0.25) is 0 Å². The van der Waals surface area contributed by atoms with Gasteiger partial charge in [0, 0.05) is 46.3 Å². The Labute approximate surface area is 283 Å². The Balaban J connectivity index is 0.000000145. The fraction of sp³-hybridized carbons (Fsp3) is 0.538. The van der Waals surface area contributed by atoms with Crippen LogP contribution >= 0.6 is 0 Å². The van der Waals surface area contributed by atoms with E-state index in [1.807, 2.05) is 0 Å². The zero-order chi connectivity index (χ0) is 35.0. The van der Waals surface area contributed by atoms with Gasteiger partial charge in [-0.05, 0) is 91.4 Å². The predicted octanol–water partition coefficient (Wildman–Crippen LogP) is 8.51. The molecule has 0 aliphatic heterocycles. The molecular formula is C39H44F4N4O2. The summed E-state index contributed by atoms with van der Waals surface area (Å²) in [5.74, 6) is -1.76. The van der Waals surface area contributed by atoms with Crippen molar-refractivity contribution in [1.82, 2.24) is 19.1 Å². The number of hydrogen-bond acceptors (Lipinski definition) is 2. The number of nitrogens with zero attached hydrogens (tertiary/aromatic N) is 3. The van der Waals surface area contributed by atoms with E-state index in [1.165, 1.54) is 34.0 Å². The van der Waals surface area contributed by atoms with Gasteiger partial charge in [-0.3, -0.25) is 19.4 Å². The van der Waals surface area contributed by atoms with Crippen LogP contribution in [-0.4, -0.2) is 19.1 Å². The highest BCUT2D eigenvalue weighted by Gasteiger charge is 2.63. The summed E-state index contributed by atoms with van der Waals surface area (Å²) in [6.07, 6.45) is 7.57. The van der Waals surface area contributed by atoms with E-state index >= 15 is 0 Å². The first-order chi connectivity index (χ1) is 23.0. The highest BCUT2D eigenvalue weighted by molar-refractivity contribution is 5.49. The summed E-state index contributed by atoms with van der Waals surface area (Å²) in [7, 11) is 0. The van der Waals surface area contributed by atoms with E-state index < -0.39 is 23.3 Å². The third kappa shape index (κ3) is 4.12. The average molecular weight is 677 g/mol. The van der Waals surface area contributed by atoms with Gasteiger partial charge < -0.3 is 0 Å². The molecule has 2 aromatic carbocycles. The topological polar surface area (TPSA) is 64.7 Å². The van der Waals surface area contributed by atoms with E-state index in [-0.39, 0.29) is 56.0 Å². The molecule has 9 rings (SSSR count). The molecule has 2 aromatic heterocycles. The molecule has 4 aromatic rings. The Morgan fingerprint density at radius 2 is 1.27 bits per heavy atom. The van der Waals surface area contributed by atoms with Crippen LogP contribution in [0.3, 0.4) is 0 Å². The van der Waals surface area contributed by atoms with Gasteiger partial charge in [-0.25, -0.2) is 26.9 Å². The minimum absolute atomic E-state index is 0.0216. The second-order valence-electron chi connectivity index (χ2n) is 16.8. The summed E-state index contributed by atoms with van der Waals surface area (Å²) in [6, 6.07) is 6.76. The Hall–Kier alpha value is -3.82. The van der Waals surface area contributed by atoms with Crippen LogP contribution < -0.4 is 11.1 Å². The van der Waals surface area contributed by atoms with Crippen molar-refractivity contribution in [3.63, 3.8) is 0 Å². The lowest BCUT2D eigenvalue weighted by Gasteiger charge is -2.37. The molecule has 0 spiro atoms. The van der Waals surface area contributed by atoms with Crippen molar-refractivity contribution in [3.05, 3.63) is 103 Å².